The Balaban J connectivity index is 2.50. The zero-order valence-electron chi connectivity index (χ0n) is 8.52. The molecule has 0 saturated carbocycles. The van der Waals surface area contributed by atoms with E-state index in [4.69, 9.17) is 5.11 Å². The molecule has 2 rings (SSSR count). The number of halogens is 2. The highest BCUT2D eigenvalue weighted by molar-refractivity contribution is 5.86. The van der Waals surface area contributed by atoms with E-state index in [2.05, 4.69) is 4.98 Å². The third-order valence-corrected chi connectivity index (χ3v) is 2.19. The Hall–Kier alpha value is -2.30. The number of benzene rings is 1. The van der Waals surface area contributed by atoms with Crippen molar-refractivity contribution in [2.24, 2.45) is 0 Å². The Bertz CT molecular complexity index is 567. The monoisotopic (exact) mass is 235 g/mol. The van der Waals surface area contributed by atoms with E-state index in [1.54, 1.807) is 0 Å². The van der Waals surface area contributed by atoms with Gasteiger partial charge in [0.25, 0.3) is 0 Å². The topological polar surface area (TPSA) is 50.2 Å². The summed E-state index contributed by atoms with van der Waals surface area (Å²) in [5.74, 6) is -2.75. The quantitative estimate of drug-likeness (QED) is 0.870. The lowest BCUT2D eigenvalue weighted by atomic mass is 10.1. The van der Waals surface area contributed by atoms with Crippen LogP contribution in [0.15, 0.2) is 36.4 Å². The maximum absolute atomic E-state index is 13.1. The molecule has 0 aliphatic heterocycles. The number of carboxylic acids is 1. The minimum Gasteiger partial charge on any atom is -0.476 e. The number of aromatic nitrogens is 1. The average molecular weight is 235 g/mol. The fourth-order valence-corrected chi connectivity index (χ4v) is 1.37. The van der Waals surface area contributed by atoms with Crippen molar-refractivity contribution >= 4 is 5.97 Å². The molecule has 1 N–H and O–H groups in total. The smallest absolute Gasteiger partial charge is 0.357 e. The van der Waals surface area contributed by atoms with Gasteiger partial charge in [-0.2, -0.15) is 0 Å². The first-order chi connectivity index (χ1) is 8.08. The average Bonchev–Trinajstić information content (AvgIpc) is 2.30. The predicted octanol–water partition coefficient (Wildman–Crippen LogP) is 2.73. The Morgan fingerprint density at radius 2 is 1.71 bits per heavy atom. The normalized spacial score (nSPS) is 10.2. The van der Waals surface area contributed by atoms with E-state index in [1.165, 1.54) is 30.3 Å². The molecule has 0 atom stereocenters. The summed E-state index contributed by atoms with van der Waals surface area (Å²) in [6.45, 7) is 0. The molecule has 17 heavy (non-hydrogen) atoms. The van der Waals surface area contributed by atoms with Gasteiger partial charge in [-0.25, -0.2) is 18.6 Å². The molecule has 5 heteroatoms. The number of carboxylic acid groups (broad SMARTS) is 1. The molecule has 0 radical (unpaired) electrons. The number of hydrogen-bond donors (Lipinski definition) is 1. The number of rotatable bonds is 2. The van der Waals surface area contributed by atoms with Crippen LogP contribution in [-0.4, -0.2) is 16.1 Å². The lowest BCUT2D eigenvalue weighted by Crippen LogP contribution is -2.04. The van der Waals surface area contributed by atoms with Gasteiger partial charge in [0.15, 0.2) is 11.5 Å². The molecule has 2 aromatic rings. The maximum Gasteiger partial charge on any atom is 0.357 e. The van der Waals surface area contributed by atoms with Crippen LogP contribution in [0.2, 0.25) is 0 Å². The largest absolute Gasteiger partial charge is 0.476 e. The van der Waals surface area contributed by atoms with Gasteiger partial charge in [0.05, 0.1) is 5.69 Å². The Morgan fingerprint density at radius 1 is 1.06 bits per heavy atom. The van der Waals surface area contributed by atoms with Crippen molar-refractivity contribution < 1.29 is 18.7 Å². The van der Waals surface area contributed by atoms with Gasteiger partial charge in [0.1, 0.15) is 5.82 Å². The van der Waals surface area contributed by atoms with Crippen LogP contribution in [0.4, 0.5) is 8.78 Å². The zero-order valence-corrected chi connectivity index (χ0v) is 8.52. The van der Waals surface area contributed by atoms with E-state index in [1.807, 2.05) is 0 Å². The summed E-state index contributed by atoms with van der Waals surface area (Å²) >= 11 is 0. The summed E-state index contributed by atoms with van der Waals surface area (Å²) < 4.78 is 25.8. The molecule has 1 heterocycles. The molecule has 1 aromatic carbocycles. The summed E-state index contributed by atoms with van der Waals surface area (Å²) in [7, 11) is 0. The summed E-state index contributed by atoms with van der Waals surface area (Å²) in [5, 5.41) is 8.72. The molecule has 0 unspecified atom stereocenters. The molecule has 0 spiro atoms. The van der Waals surface area contributed by atoms with Crippen LogP contribution >= 0.6 is 0 Å². The van der Waals surface area contributed by atoms with Crippen LogP contribution in [0, 0.1) is 11.6 Å². The second-order valence-corrected chi connectivity index (χ2v) is 3.34. The molecule has 0 fully saturated rings. The summed E-state index contributed by atoms with van der Waals surface area (Å²) in [6.07, 6.45) is 0. The first-order valence-corrected chi connectivity index (χ1v) is 4.73. The van der Waals surface area contributed by atoms with Crippen LogP contribution in [0.5, 0.6) is 0 Å². The summed E-state index contributed by atoms with van der Waals surface area (Å²) in [6, 6.07) is 7.70. The van der Waals surface area contributed by atoms with E-state index in [0.717, 1.165) is 6.07 Å². The van der Waals surface area contributed by atoms with Crippen LogP contribution in [-0.2, 0) is 0 Å². The second-order valence-electron chi connectivity index (χ2n) is 3.34. The van der Waals surface area contributed by atoms with Gasteiger partial charge in [-0.1, -0.05) is 0 Å². The van der Waals surface area contributed by atoms with E-state index in [-0.39, 0.29) is 5.69 Å². The van der Waals surface area contributed by atoms with Gasteiger partial charge in [-0.3, -0.25) is 0 Å². The Morgan fingerprint density at radius 3 is 2.29 bits per heavy atom. The van der Waals surface area contributed by atoms with Crippen molar-refractivity contribution in [2.75, 3.05) is 0 Å². The Labute approximate surface area is 95.4 Å². The second kappa shape index (κ2) is 4.29. The number of hydrogen-bond acceptors (Lipinski definition) is 2. The van der Waals surface area contributed by atoms with E-state index in [9.17, 15) is 13.6 Å². The number of nitrogens with zero attached hydrogens (tertiary/aromatic N) is 1. The van der Waals surface area contributed by atoms with E-state index in [0.29, 0.717) is 5.56 Å². The zero-order chi connectivity index (χ0) is 12.4. The fourth-order valence-electron chi connectivity index (χ4n) is 1.37. The van der Waals surface area contributed by atoms with E-state index < -0.39 is 23.3 Å². The van der Waals surface area contributed by atoms with Crippen LogP contribution in [0.25, 0.3) is 11.3 Å². The molecule has 0 bridgehead atoms. The van der Waals surface area contributed by atoms with Crippen molar-refractivity contribution in [3.63, 3.8) is 0 Å². The van der Waals surface area contributed by atoms with Crippen molar-refractivity contribution in [2.45, 2.75) is 0 Å². The molecule has 1 aromatic heterocycles. The van der Waals surface area contributed by atoms with Crippen LogP contribution < -0.4 is 0 Å². The third-order valence-electron chi connectivity index (χ3n) is 2.19. The van der Waals surface area contributed by atoms with Crippen LogP contribution in [0.1, 0.15) is 10.5 Å². The van der Waals surface area contributed by atoms with Gasteiger partial charge in [0, 0.05) is 5.56 Å². The molecule has 0 amide bonds. The minimum absolute atomic E-state index is 0.281. The Kier molecular flexibility index (Phi) is 2.82. The fraction of sp³-hybridized carbons (Fsp3) is 0. The molecule has 3 nitrogen and oxygen atoms in total. The summed E-state index contributed by atoms with van der Waals surface area (Å²) in [4.78, 5) is 14.4. The lowest BCUT2D eigenvalue weighted by Gasteiger charge is -2.03. The predicted molar refractivity (Wildman–Crippen MR) is 56.5 cm³/mol. The summed E-state index contributed by atoms with van der Waals surface area (Å²) in [5.41, 5.74) is 0.157. The molecular formula is C12H7F2NO2. The van der Waals surface area contributed by atoms with Gasteiger partial charge >= 0.3 is 5.97 Å². The molecule has 0 saturated heterocycles. The highest BCUT2D eigenvalue weighted by Crippen LogP contribution is 2.19. The number of carbonyl (C=O) groups is 1. The van der Waals surface area contributed by atoms with E-state index >= 15 is 0 Å². The molecule has 0 aliphatic carbocycles. The van der Waals surface area contributed by atoms with Gasteiger partial charge < -0.3 is 5.11 Å². The standard InChI is InChI=1S/C12H7F2NO2/c13-8-3-1-7(2-4-8)10-6-5-9(14)11(15-10)12(16)17/h1-6H,(H,16,17). The molecule has 0 aliphatic rings. The highest BCUT2D eigenvalue weighted by Gasteiger charge is 2.13. The first kappa shape index (κ1) is 11.2. The van der Waals surface area contributed by atoms with Gasteiger partial charge in [-0.15, -0.1) is 0 Å². The highest BCUT2D eigenvalue weighted by atomic mass is 19.1. The number of aromatic carboxylic acids is 1. The van der Waals surface area contributed by atoms with Crippen LogP contribution in [0.3, 0.4) is 0 Å². The number of pyridine rings is 1. The minimum atomic E-state index is -1.44. The van der Waals surface area contributed by atoms with Crippen molar-refractivity contribution in [3.8, 4) is 11.3 Å². The lowest BCUT2D eigenvalue weighted by molar-refractivity contribution is 0.0685. The van der Waals surface area contributed by atoms with Crippen molar-refractivity contribution in [1.82, 2.24) is 4.98 Å². The third kappa shape index (κ3) is 2.28. The van der Waals surface area contributed by atoms with Crippen molar-refractivity contribution in [1.29, 1.82) is 0 Å². The maximum atomic E-state index is 13.1. The van der Waals surface area contributed by atoms with Gasteiger partial charge in [0.2, 0.25) is 0 Å². The molecular weight excluding hydrogens is 228 g/mol. The first-order valence-electron chi connectivity index (χ1n) is 4.73. The molecule has 86 valence electrons. The van der Waals surface area contributed by atoms with Crippen molar-refractivity contribution in [3.05, 3.63) is 53.7 Å². The SMILES string of the molecule is O=C(O)c1nc(-c2ccc(F)cc2)ccc1F. The van der Waals surface area contributed by atoms with Gasteiger partial charge in [-0.05, 0) is 36.4 Å².